The zero-order valence-electron chi connectivity index (χ0n) is 9.25. The van der Waals surface area contributed by atoms with Gasteiger partial charge in [-0.1, -0.05) is 26.0 Å². The molecule has 1 aromatic carbocycles. The molecule has 1 rings (SSSR count). The predicted molar refractivity (Wildman–Crippen MR) is 63.9 cm³/mol. The van der Waals surface area contributed by atoms with E-state index in [2.05, 4.69) is 0 Å². The molecule has 1 aromatic rings. The van der Waals surface area contributed by atoms with Crippen molar-refractivity contribution in [3.8, 4) is 0 Å². The largest absolute Gasteiger partial charge is 0.399 e. The van der Waals surface area contributed by atoms with Crippen LogP contribution in [-0.2, 0) is 10.2 Å². The number of hydrogen-bond acceptors (Lipinski definition) is 2. The van der Waals surface area contributed by atoms with Crippen molar-refractivity contribution in [1.29, 1.82) is 0 Å². The molecule has 0 bridgehead atoms. The standard InChI is InChI=1S/C12H16ClNO/c1-8(2)12(3,11(13)15)9-4-6-10(14)7-5-9/h4-8H,14H2,1-3H3. The highest BCUT2D eigenvalue weighted by Gasteiger charge is 2.36. The van der Waals surface area contributed by atoms with E-state index in [1.165, 1.54) is 0 Å². The summed E-state index contributed by atoms with van der Waals surface area (Å²) in [6.45, 7) is 5.83. The summed E-state index contributed by atoms with van der Waals surface area (Å²) >= 11 is 5.68. The Morgan fingerprint density at radius 2 is 1.80 bits per heavy atom. The Hall–Kier alpha value is -1.02. The van der Waals surface area contributed by atoms with Crippen molar-refractivity contribution < 1.29 is 4.79 Å². The summed E-state index contributed by atoms with van der Waals surface area (Å²) in [5.41, 5.74) is 6.56. The van der Waals surface area contributed by atoms with E-state index in [0.29, 0.717) is 5.69 Å². The molecule has 0 aliphatic heterocycles. The van der Waals surface area contributed by atoms with Crippen LogP contribution >= 0.6 is 11.6 Å². The van der Waals surface area contributed by atoms with Gasteiger partial charge < -0.3 is 5.73 Å². The van der Waals surface area contributed by atoms with Crippen molar-refractivity contribution in [2.45, 2.75) is 26.2 Å². The molecule has 0 radical (unpaired) electrons. The third-order valence-corrected chi connectivity index (χ3v) is 3.47. The molecule has 0 aromatic heterocycles. The van der Waals surface area contributed by atoms with E-state index in [-0.39, 0.29) is 11.2 Å². The molecule has 0 heterocycles. The summed E-state index contributed by atoms with van der Waals surface area (Å²) in [5, 5.41) is -0.331. The minimum atomic E-state index is -0.644. The Morgan fingerprint density at radius 3 is 2.13 bits per heavy atom. The zero-order chi connectivity index (χ0) is 11.6. The van der Waals surface area contributed by atoms with E-state index in [1.54, 1.807) is 12.1 Å². The number of nitrogen functional groups attached to an aromatic ring is 1. The normalized spacial score (nSPS) is 15.0. The number of nitrogens with two attached hydrogens (primary N) is 1. The molecule has 0 saturated carbocycles. The van der Waals surface area contributed by atoms with Gasteiger partial charge in [-0.15, -0.1) is 0 Å². The lowest BCUT2D eigenvalue weighted by Gasteiger charge is -2.30. The Morgan fingerprint density at radius 1 is 1.33 bits per heavy atom. The molecule has 1 atom stereocenters. The van der Waals surface area contributed by atoms with E-state index >= 15 is 0 Å². The van der Waals surface area contributed by atoms with E-state index < -0.39 is 5.41 Å². The summed E-state index contributed by atoms with van der Waals surface area (Å²) in [4.78, 5) is 11.5. The fourth-order valence-electron chi connectivity index (χ4n) is 1.50. The smallest absolute Gasteiger partial charge is 0.232 e. The second-order valence-electron chi connectivity index (χ2n) is 4.25. The third kappa shape index (κ3) is 2.15. The van der Waals surface area contributed by atoms with Crippen LogP contribution in [0, 0.1) is 5.92 Å². The van der Waals surface area contributed by atoms with Gasteiger partial charge in [0.1, 0.15) is 0 Å². The molecule has 3 heteroatoms. The minimum Gasteiger partial charge on any atom is -0.399 e. The van der Waals surface area contributed by atoms with Crippen LogP contribution in [0.15, 0.2) is 24.3 Å². The van der Waals surface area contributed by atoms with Gasteiger partial charge in [-0.2, -0.15) is 0 Å². The second-order valence-corrected chi connectivity index (χ2v) is 4.60. The number of rotatable bonds is 3. The van der Waals surface area contributed by atoms with Crippen molar-refractivity contribution in [2.24, 2.45) is 5.92 Å². The topological polar surface area (TPSA) is 43.1 Å². The van der Waals surface area contributed by atoms with Crippen molar-refractivity contribution in [2.75, 3.05) is 5.73 Å². The molecule has 2 nitrogen and oxygen atoms in total. The van der Waals surface area contributed by atoms with Crippen LogP contribution in [0.1, 0.15) is 26.3 Å². The van der Waals surface area contributed by atoms with Gasteiger partial charge >= 0.3 is 0 Å². The highest BCUT2D eigenvalue weighted by atomic mass is 35.5. The number of carbonyl (C=O) groups is 1. The van der Waals surface area contributed by atoms with Gasteiger partial charge in [0.05, 0.1) is 5.41 Å². The van der Waals surface area contributed by atoms with Crippen LogP contribution in [0.25, 0.3) is 0 Å². The van der Waals surface area contributed by atoms with E-state index in [1.807, 2.05) is 32.9 Å². The summed E-state index contributed by atoms with van der Waals surface area (Å²) in [5.74, 6) is 0.145. The van der Waals surface area contributed by atoms with Gasteiger partial charge in [-0.3, -0.25) is 4.79 Å². The Bertz CT molecular complexity index is 358. The third-order valence-electron chi connectivity index (χ3n) is 3.07. The monoisotopic (exact) mass is 225 g/mol. The van der Waals surface area contributed by atoms with Gasteiger partial charge in [0.15, 0.2) is 0 Å². The van der Waals surface area contributed by atoms with E-state index in [4.69, 9.17) is 17.3 Å². The molecule has 1 unspecified atom stereocenters. The fourth-order valence-corrected chi connectivity index (χ4v) is 1.83. The highest BCUT2D eigenvalue weighted by molar-refractivity contribution is 6.65. The SMILES string of the molecule is CC(C)C(C)(C(=O)Cl)c1ccc(N)cc1. The quantitative estimate of drug-likeness (QED) is 0.635. The van der Waals surface area contributed by atoms with Crippen molar-refractivity contribution in [3.63, 3.8) is 0 Å². The highest BCUT2D eigenvalue weighted by Crippen LogP contribution is 2.34. The van der Waals surface area contributed by atoms with Crippen LogP contribution in [0.4, 0.5) is 5.69 Å². The molecule has 0 aliphatic carbocycles. The first kappa shape index (κ1) is 12.1. The Balaban J connectivity index is 3.22. The van der Waals surface area contributed by atoms with E-state index in [9.17, 15) is 4.79 Å². The molecule has 2 N–H and O–H groups in total. The van der Waals surface area contributed by atoms with Crippen LogP contribution in [-0.4, -0.2) is 5.24 Å². The second kappa shape index (κ2) is 4.23. The number of halogens is 1. The van der Waals surface area contributed by atoms with Crippen molar-refractivity contribution >= 4 is 22.5 Å². The van der Waals surface area contributed by atoms with E-state index in [0.717, 1.165) is 5.56 Å². The average molecular weight is 226 g/mol. The molecule has 0 amide bonds. The van der Waals surface area contributed by atoms with Gasteiger partial charge in [-0.25, -0.2) is 0 Å². The summed E-state index contributed by atoms with van der Waals surface area (Å²) in [6, 6.07) is 7.29. The lowest BCUT2D eigenvalue weighted by Crippen LogP contribution is -2.34. The predicted octanol–water partition coefficient (Wildman–Crippen LogP) is 2.95. The van der Waals surface area contributed by atoms with Gasteiger partial charge in [-0.05, 0) is 42.1 Å². The molecule has 15 heavy (non-hydrogen) atoms. The van der Waals surface area contributed by atoms with Crippen LogP contribution in [0.2, 0.25) is 0 Å². The molecule has 0 saturated heterocycles. The fraction of sp³-hybridized carbons (Fsp3) is 0.417. The minimum absolute atomic E-state index is 0.145. The molecule has 0 aliphatic rings. The maximum atomic E-state index is 11.5. The maximum absolute atomic E-state index is 11.5. The van der Waals surface area contributed by atoms with Crippen LogP contribution < -0.4 is 5.73 Å². The molecule has 0 fully saturated rings. The van der Waals surface area contributed by atoms with Gasteiger partial charge in [0.25, 0.3) is 0 Å². The maximum Gasteiger partial charge on any atom is 0.232 e. The zero-order valence-corrected chi connectivity index (χ0v) is 10.0. The average Bonchev–Trinajstić information content (AvgIpc) is 2.17. The molecular formula is C12H16ClNO. The van der Waals surface area contributed by atoms with Crippen LogP contribution in [0.5, 0.6) is 0 Å². The molecule has 82 valence electrons. The Kier molecular flexibility index (Phi) is 3.40. The lowest BCUT2D eigenvalue weighted by molar-refractivity contribution is -0.117. The Labute approximate surface area is 95.4 Å². The van der Waals surface area contributed by atoms with Gasteiger partial charge in [0.2, 0.25) is 5.24 Å². The van der Waals surface area contributed by atoms with Gasteiger partial charge in [0, 0.05) is 5.69 Å². The van der Waals surface area contributed by atoms with Crippen LogP contribution in [0.3, 0.4) is 0 Å². The number of anilines is 1. The first-order valence-corrected chi connectivity index (χ1v) is 5.32. The number of benzene rings is 1. The number of carbonyl (C=O) groups excluding carboxylic acids is 1. The molecular weight excluding hydrogens is 210 g/mol. The molecule has 0 spiro atoms. The first-order valence-electron chi connectivity index (χ1n) is 4.95. The van der Waals surface area contributed by atoms with Crippen molar-refractivity contribution in [1.82, 2.24) is 0 Å². The summed E-state index contributed by atoms with van der Waals surface area (Å²) in [7, 11) is 0. The summed E-state index contributed by atoms with van der Waals surface area (Å²) in [6.07, 6.45) is 0. The lowest BCUT2D eigenvalue weighted by atomic mass is 9.74. The summed E-state index contributed by atoms with van der Waals surface area (Å²) < 4.78 is 0. The van der Waals surface area contributed by atoms with Crippen molar-refractivity contribution in [3.05, 3.63) is 29.8 Å². The number of hydrogen-bond donors (Lipinski definition) is 1. The first-order chi connectivity index (χ1) is 6.89.